The molecule has 0 fully saturated rings. The summed E-state index contributed by atoms with van der Waals surface area (Å²) < 4.78 is 8.69. The van der Waals surface area contributed by atoms with Crippen molar-refractivity contribution in [2.75, 3.05) is 0 Å². The van der Waals surface area contributed by atoms with E-state index in [0.29, 0.717) is 0 Å². The van der Waals surface area contributed by atoms with Crippen LogP contribution in [0.25, 0.3) is 95.6 Å². The van der Waals surface area contributed by atoms with Crippen LogP contribution in [0.2, 0.25) is 0 Å². The van der Waals surface area contributed by atoms with Crippen molar-refractivity contribution >= 4 is 107 Å². The summed E-state index contributed by atoms with van der Waals surface area (Å²) in [5, 5.41) is 11.2. The van der Waals surface area contributed by atoms with Crippen LogP contribution >= 0.6 is 22.7 Å². The number of para-hydroxylation sites is 2. The Kier molecular flexibility index (Phi) is 4.87. The summed E-state index contributed by atoms with van der Waals surface area (Å²) >= 11 is 3.66. The molecule has 4 heterocycles. The molecule has 0 bridgehead atoms. The summed E-state index contributed by atoms with van der Waals surface area (Å²) in [6, 6.07) is 50.9. The Hall–Kier alpha value is -5.49. The van der Waals surface area contributed by atoms with Gasteiger partial charge in [-0.3, -0.25) is 4.57 Å². The summed E-state index contributed by atoms with van der Waals surface area (Å²) in [5.74, 6) is 0. The van der Waals surface area contributed by atoms with Crippen molar-refractivity contribution in [3.05, 3.63) is 140 Å². The molecule has 11 aromatic rings. The highest BCUT2D eigenvalue weighted by Crippen LogP contribution is 2.43. The molecule has 214 valence electrons. The molecular weight excluding hydrogens is 599 g/mol. The van der Waals surface area contributed by atoms with Gasteiger partial charge in [-0.2, -0.15) is 0 Å². The van der Waals surface area contributed by atoms with E-state index < -0.39 is 0 Å². The molecule has 0 saturated carbocycles. The van der Waals surface area contributed by atoms with E-state index >= 15 is 0 Å². The quantitative estimate of drug-likeness (QED) is 0.188. The molecule has 0 atom stereocenters. The van der Waals surface area contributed by atoms with Crippen molar-refractivity contribution in [1.29, 1.82) is 0 Å². The van der Waals surface area contributed by atoms with Gasteiger partial charge in [-0.15, -0.1) is 11.3 Å². The van der Waals surface area contributed by atoms with Gasteiger partial charge in [0.2, 0.25) is 0 Å². The molecule has 0 saturated heterocycles. The number of aromatic nitrogens is 3. The fourth-order valence-corrected chi connectivity index (χ4v) is 9.93. The average molecular weight is 622 g/mol. The Balaban J connectivity index is 1.23. The third kappa shape index (κ3) is 3.23. The molecule has 0 aliphatic rings. The fourth-order valence-electron chi connectivity index (χ4n) is 7.60. The molecule has 0 amide bonds. The Morgan fingerprint density at radius 3 is 2.04 bits per heavy atom. The number of benzene rings is 7. The van der Waals surface area contributed by atoms with E-state index in [1.54, 1.807) is 11.3 Å². The van der Waals surface area contributed by atoms with Gasteiger partial charge in [0.05, 0.1) is 32.3 Å². The molecule has 0 spiro atoms. The lowest BCUT2D eigenvalue weighted by Gasteiger charge is -2.10. The van der Waals surface area contributed by atoms with E-state index in [9.17, 15) is 0 Å². The minimum absolute atomic E-state index is 0.995. The lowest BCUT2D eigenvalue weighted by Crippen LogP contribution is -1.96. The van der Waals surface area contributed by atoms with Gasteiger partial charge >= 0.3 is 0 Å². The summed E-state index contributed by atoms with van der Waals surface area (Å²) in [5.41, 5.74) is 6.96. The van der Waals surface area contributed by atoms with Gasteiger partial charge in [0.15, 0.2) is 5.13 Å². The summed E-state index contributed by atoms with van der Waals surface area (Å²) in [6.45, 7) is 0. The van der Waals surface area contributed by atoms with Crippen molar-refractivity contribution in [2.45, 2.75) is 0 Å². The van der Waals surface area contributed by atoms with Crippen molar-refractivity contribution in [3.8, 4) is 10.8 Å². The molecule has 3 nitrogen and oxygen atoms in total. The monoisotopic (exact) mass is 621 g/mol. The Morgan fingerprint density at radius 2 is 1.15 bits per heavy atom. The maximum atomic E-state index is 5.30. The summed E-state index contributed by atoms with van der Waals surface area (Å²) in [7, 11) is 0. The van der Waals surface area contributed by atoms with Crippen LogP contribution in [-0.2, 0) is 0 Å². The van der Waals surface area contributed by atoms with E-state index in [1.165, 1.54) is 73.7 Å². The number of hydrogen-bond acceptors (Lipinski definition) is 3. The van der Waals surface area contributed by atoms with Gasteiger partial charge in [0.25, 0.3) is 0 Å². The maximum absolute atomic E-state index is 5.30. The standard InChI is InChI=1S/C41H23N3S2/c1-2-10-26-24(9-1)17-21-34-38(26)29-12-4-7-15-33(29)43(34)25-18-19-28-27-11-3-6-14-32(27)44(35(28)23-25)41-42-31-20-22-37-39(40(31)46-41)30-13-5-8-16-36(30)45-37/h1-23H. The molecule has 46 heavy (non-hydrogen) atoms. The number of rotatable bonds is 2. The molecule has 0 aliphatic heterocycles. The average Bonchev–Trinajstić information content (AvgIpc) is 3.86. The third-order valence-electron chi connectivity index (χ3n) is 9.55. The molecule has 0 aliphatic carbocycles. The first-order chi connectivity index (χ1) is 22.8. The van der Waals surface area contributed by atoms with E-state index in [0.717, 1.165) is 21.9 Å². The highest BCUT2D eigenvalue weighted by molar-refractivity contribution is 7.28. The lowest BCUT2D eigenvalue weighted by atomic mass is 10.0. The molecule has 5 heteroatoms. The minimum Gasteiger partial charge on any atom is -0.309 e. The Morgan fingerprint density at radius 1 is 0.435 bits per heavy atom. The van der Waals surface area contributed by atoms with Crippen LogP contribution < -0.4 is 0 Å². The zero-order valence-corrected chi connectivity index (χ0v) is 26.1. The van der Waals surface area contributed by atoms with Crippen LogP contribution in [0.15, 0.2) is 140 Å². The molecule has 4 aromatic heterocycles. The van der Waals surface area contributed by atoms with Gasteiger partial charge in [-0.25, -0.2) is 4.98 Å². The van der Waals surface area contributed by atoms with Crippen molar-refractivity contribution in [1.82, 2.24) is 14.1 Å². The second-order valence-corrected chi connectivity index (χ2v) is 14.0. The number of thiophene rings is 1. The number of hydrogen-bond donors (Lipinski definition) is 0. The molecule has 0 unspecified atom stereocenters. The van der Waals surface area contributed by atoms with Crippen molar-refractivity contribution in [2.24, 2.45) is 0 Å². The zero-order valence-electron chi connectivity index (χ0n) is 24.4. The first-order valence-electron chi connectivity index (χ1n) is 15.5. The number of thiazole rings is 1. The van der Waals surface area contributed by atoms with Crippen LogP contribution in [0.3, 0.4) is 0 Å². The first kappa shape index (κ1) is 24.8. The number of nitrogens with zero attached hydrogens (tertiary/aromatic N) is 3. The SMILES string of the molecule is c1ccc2c(c1)ccc1c2c2ccccc2n1-c1ccc2c3ccccc3n(-c3nc4ccc5sc6ccccc6c5c4s3)c2c1. The summed E-state index contributed by atoms with van der Waals surface area (Å²) in [6.07, 6.45) is 0. The largest absolute Gasteiger partial charge is 0.309 e. The van der Waals surface area contributed by atoms with Gasteiger partial charge in [0, 0.05) is 47.4 Å². The lowest BCUT2D eigenvalue weighted by molar-refractivity contribution is 1.14. The third-order valence-corrected chi connectivity index (χ3v) is 11.8. The van der Waals surface area contributed by atoms with Crippen LogP contribution in [0.1, 0.15) is 0 Å². The predicted molar refractivity (Wildman–Crippen MR) is 199 cm³/mol. The van der Waals surface area contributed by atoms with Gasteiger partial charge in [0.1, 0.15) is 0 Å². The normalized spacial score (nSPS) is 12.3. The van der Waals surface area contributed by atoms with Crippen molar-refractivity contribution in [3.63, 3.8) is 0 Å². The Labute approximate surface area is 270 Å². The molecule has 0 radical (unpaired) electrons. The van der Waals surface area contributed by atoms with Crippen LogP contribution in [-0.4, -0.2) is 14.1 Å². The highest BCUT2D eigenvalue weighted by Gasteiger charge is 2.20. The highest BCUT2D eigenvalue weighted by atomic mass is 32.1. The smallest absolute Gasteiger partial charge is 0.195 e. The molecule has 0 N–H and O–H groups in total. The molecule has 7 aromatic carbocycles. The topological polar surface area (TPSA) is 22.8 Å². The van der Waals surface area contributed by atoms with Crippen LogP contribution in [0, 0.1) is 0 Å². The summed E-state index contributed by atoms with van der Waals surface area (Å²) in [4.78, 5) is 5.30. The van der Waals surface area contributed by atoms with E-state index in [-0.39, 0.29) is 0 Å². The van der Waals surface area contributed by atoms with E-state index in [4.69, 9.17) is 4.98 Å². The zero-order chi connectivity index (χ0) is 29.9. The fraction of sp³-hybridized carbons (Fsp3) is 0. The van der Waals surface area contributed by atoms with E-state index in [2.05, 4.69) is 149 Å². The van der Waals surface area contributed by atoms with E-state index in [1.807, 2.05) is 11.3 Å². The second kappa shape index (κ2) is 9.04. The van der Waals surface area contributed by atoms with Crippen LogP contribution in [0.4, 0.5) is 0 Å². The van der Waals surface area contributed by atoms with Crippen LogP contribution in [0.5, 0.6) is 0 Å². The van der Waals surface area contributed by atoms with Crippen molar-refractivity contribution < 1.29 is 0 Å². The molecule has 11 rings (SSSR count). The van der Waals surface area contributed by atoms with Gasteiger partial charge in [-0.1, -0.05) is 102 Å². The molecular formula is C41H23N3S2. The number of fused-ring (bicyclic) bond motifs is 13. The minimum atomic E-state index is 0.995. The van der Waals surface area contributed by atoms with Gasteiger partial charge in [-0.05, 0) is 59.3 Å². The Bertz CT molecular complexity index is 3040. The van der Waals surface area contributed by atoms with Gasteiger partial charge < -0.3 is 4.57 Å². The predicted octanol–water partition coefficient (Wildman–Crippen LogP) is 12.0. The second-order valence-electron chi connectivity index (χ2n) is 12.0. The maximum Gasteiger partial charge on any atom is 0.195 e. The first-order valence-corrected chi connectivity index (χ1v) is 17.1.